The standard InChI is InChI=1S/C46H66N4/c1-11-21-23-25-37-43-33(17-7)29(13-3)39(47-43)27-41-31(15-5)35(19-9)45(49-41)38(26-24-22-12-2)46-36(20-10)32(16-6)42(50-46)28-40-30(14-4)34(18-8)44(37)48-40/h27-28,47,50H,11-26H2,1-10H3. The van der Waals surface area contributed by atoms with E-state index in [1.807, 2.05) is 0 Å². The van der Waals surface area contributed by atoms with Crippen LogP contribution in [-0.2, 0) is 38.5 Å². The maximum Gasteiger partial charge on any atom is 0.0725 e. The van der Waals surface area contributed by atoms with Crippen molar-refractivity contribution in [1.29, 1.82) is 0 Å². The summed E-state index contributed by atoms with van der Waals surface area (Å²) >= 11 is 0. The molecule has 270 valence electrons. The third-order valence-electron chi connectivity index (χ3n) is 11.5. The van der Waals surface area contributed by atoms with Crippen molar-refractivity contribution in [2.24, 2.45) is 0 Å². The van der Waals surface area contributed by atoms with Gasteiger partial charge in [0.1, 0.15) is 0 Å². The normalized spacial score (nSPS) is 13.3. The summed E-state index contributed by atoms with van der Waals surface area (Å²) in [6.45, 7) is 23.2. The molecule has 0 amide bonds. The minimum absolute atomic E-state index is 0.985. The van der Waals surface area contributed by atoms with Crippen LogP contribution < -0.4 is 0 Å². The average Bonchev–Trinajstić information content (AvgIpc) is 3.87. The van der Waals surface area contributed by atoms with Crippen LogP contribution in [0, 0.1) is 0 Å². The second kappa shape index (κ2) is 17.2. The third-order valence-corrected chi connectivity index (χ3v) is 11.5. The quantitative estimate of drug-likeness (QED) is 0.149. The van der Waals surface area contributed by atoms with Gasteiger partial charge in [-0.3, -0.25) is 0 Å². The van der Waals surface area contributed by atoms with E-state index in [1.165, 1.54) is 128 Å². The number of H-pyrrole nitrogens is 2. The van der Waals surface area contributed by atoms with Crippen LogP contribution in [0.15, 0.2) is 12.1 Å². The molecule has 0 saturated carbocycles. The van der Waals surface area contributed by atoms with Gasteiger partial charge < -0.3 is 9.97 Å². The first-order chi connectivity index (χ1) is 24.4. The van der Waals surface area contributed by atoms with Crippen LogP contribution in [0.2, 0.25) is 0 Å². The number of allylic oxidation sites excluding steroid dienone is 4. The number of aromatic nitrogens is 4. The first kappa shape index (κ1) is 37.8. The second-order valence-electron chi connectivity index (χ2n) is 14.3. The largest absolute Gasteiger partial charge is 0.355 e. The van der Waals surface area contributed by atoms with Crippen molar-refractivity contribution in [3.05, 3.63) is 68.3 Å². The molecule has 4 heteroatoms. The summed E-state index contributed by atoms with van der Waals surface area (Å²) in [6, 6.07) is 4.83. The van der Waals surface area contributed by atoms with E-state index in [1.54, 1.807) is 0 Å². The fourth-order valence-electron chi connectivity index (χ4n) is 9.04. The third kappa shape index (κ3) is 6.93. The molecular weight excluding hydrogens is 609 g/mol. The predicted octanol–water partition coefficient (Wildman–Crippen LogP) is 13.5. The van der Waals surface area contributed by atoms with Gasteiger partial charge in [-0.25, -0.2) is 9.97 Å². The Labute approximate surface area is 303 Å². The van der Waals surface area contributed by atoms with Gasteiger partial charge in [0.05, 0.1) is 22.8 Å². The highest BCUT2D eigenvalue weighted by Gasteiger charge is 2.26. The topological polar surface area (TPSA) is 57.4 Å². The van der Waals surface area contributed by atoms with Crippen LogP contribution >= 0.6 is 0 Å². The Morgan fingerprint density at radius 3 is 1.06 bits per heavy atom. The number of rotatable bonds is 16. The van der Waals surface area contributed by atoms with Gasteiger partial charge in [-0.1, -0.05) is 94.9 Å². The van der Waals surface area contributed by atoms with E-state index in [4.69, 9.17) is 9.97 Å². The highest BCUT2D eigenvalue weighted by atomic mass is 14.8. The predicted molar refractivity (Wildman–Crippen MR) is 220 cm³/mol. The van der Waals surface area contributed by atoms with Gasteiger partial charge in [0.2, 0.25) is 0 Å². The Morgan fingerprint density at radius 2 is 0.760 bits per heavy atom. The zero-order valence-corrected chi connectivity index (χ0v) is 33.4. The van der Waals surface area contributed by atoms with Gasteiger partial charge >= 0.3 is 0 Å². The zero-order valence-electron chi connectivity index (χ0n) is 33.4. The van der Waals surface area contributed by atoms with Crippen molar-refractivity contribution in [2.75, 3.05) is 0 Å². The molecule has 0 aromatic carbocycles. The Kier molecular flexibility index (Phi) is 13.0. The minimum Gasteiger partial charge on any atom is -0.355 e. The number of aryl methyl sites for hydroxylation is 6. The summed E-state index contributed by atoms with van der Waals surface area (Å²) in [5.41, 5.74) is 24.2. The second-order valence-corrected chi connectivity index (χ2v) is 14.3. The molecule has 8 bridgehead atoms. The number of unbranched alkanes of at least 4 members (excludes halogenated alkanes) is 4. The smallest absolute Gasteiger partial charge is 0.0725 e. The lowest BCUT2D eigenvalue weighted by molar-refractivity contribution is 0.717. The van der Waals surface area contributed by atoms with Crippen LogP contribution in [-0.4, -0.2) is 19.9 Å². The molecule has 0 fully saturated rings. The van der Waals surface area contributed by atoms with Gasteiger partial charge in [-0.15, -0.1) is 0 Å². The van der Waals surface area contributed by atoms with Crippen LogP contribution in [0.4, 0.5) is 0 Å². The molecule has 0 spiro atoms. The van der Waals surface area contributed by atoms with Crippen molar-refractivity contribution in [3.8, 4) is 0 Å². The van der Waals surface area contributed by atoms with Crippen LogP contribution in [0.3, 0.4) is 0 Å². The summed E-state index contributed by atoms with van der Waals surface area (Å²) in [6.07, 6.45) is 17.3. The molecule has 0 aliphatic carbocycles. The molecule has 0 radical (unpaired) electrons. The molecule has 3 aromatic rings. The van der Waals surface area contributed by atoms with E-state index < -0.39 is 0 Å². The molecule has 0 atom stereocenters. The number of hydrogen-bond acceptors (Lipinski definition) is 2. The number of aromatic amines is 2. The van der Waals surface area contributed by atoms with Gasteiger partial charge in [0, 0.05) is 33.2 Å². The molecule has 2 aliphatic heterocycles. The summed E-state index contributed by atoms with van der Waals surface area (Å²) < 4.78 is 0. The van der Waals surface area contributed by atoms with Gasteiger partial charge in [-0.2, -0.15) is 0 Å². The SMILES string of the molecule is CCCCCc1c2nc(cc3[nH]c(c(CCCCC)c4nc(cc5[nH]c1c(CC)c5CC)C(CC)=C4CC)c(CC)c3CC)C(CC)=C2CC. The van der Waals surface area contributed by atoms with Crippen molar-refractivity contribution in [1.82, 2.24) is 19.9 Å². The molecule has 0 saturated heterocycles. The van der Waals surface area contributed by atoms with E-state index in [0.717, 1.165) is 75.6 Å². The fraction of sp³-hybridized carbons (Fsp3) is 0.565. The van der Waals surface area contributed by atoms with E-state index in [2.05, 4.69) is 91.3 Å². The van der Waals surface area contributed by atoms with Crippen molar-refractivity contribution in [2.45, 2.75) is 172 Å². The molecule has 5 heterocycles. The molecule has 4 nitrogen and oxygen atoms in total. The Morgan fingerprint density at radius 1 is 0.400 bits per heavy atom. The van der Waals surface area contributed by atoms with Crippen molar-refractivity contribution in [3.63, 3.8) is 0 Å². The molecule has 0 unspecified atom stereocenters. The van der Waals surface area contributed by atoms with Gasteiger partial charge in [0.15, 0.2) is 0 Å². The lowest BCUT2D eigenvalue weighted by Gasteiger charge is -2.10. The minimum atomic E-state index is 0.985. The van der Waals surface area contributed by atoms with Gasteiger partial charge in [-0.05, 0) is 134 Å². The Balaban J connectivity index is 2.10. The molecule has 3 aromatic heterocycles. The van der Waals surface area contributed by atoms with Crippen LogP contribution in [0.25, 0.3) is 44.4 Å². The zero-order chi connectivity index (χ0) is 35.9. The molecular formula is C46H66N4. The first-order valence-corrected chi connectivity index (χ1v) is 20.7. The lowest BCUT2D eigenvalue weighted by Crippen LogP contribution is -1.97. The summed E-state index contributed by atoms with van der Waals surface area (Å²) in [5.74, 6) is 0. The summed E-state index contributed by atoms with van der Waals surface area (Å²) in [5, 5.41) is 0. The van der Waals surface area contributed by atoms with Gasteiger partial charge in [0.25, 0.3) is 0 Å². The molecule has 50 heavy (non-hydrogen) atoms. The fourth-order valence-corrected chi connectivity index (χ4v) is 9.04. The van der Waals surface area contributed by atoms with E-state index in [9.17, 15) is 0 Å². The number of hydrogen-bond donors (Lipinski definition) is 2. The summed E-state index contributed by atoms with van der Waals surface area (Å²) in [4.78, 5) is 19.5. The number of fused-ring (bicyclic) bond motifs is 8. The van der Waals surface area contributed by atoms with Crippen molar-refractivity contribution < 1.29 is 0 Å². The summed E-state index contributed by atoms with van der Waals surface area (Å²) in [7, 11) is 0. The van der Waals surface area contributed by atoms with E-state index >= 15 is 0 Å². The van der Waals surface area contributed by atoms with Crippen LogP contribution in [0.5, 0.6) is 0 Å². The Bertz CT molecular complexity index is 1770. The molecule has 2 aliphatic rings. The maximum absolute atomic E-state index is 5.65. The molecule has 5 rings (SSSR count). The van der Waals surface area contributed by atoms with Crippen molar-refractivity contribution >= 4 is 44.4 Å². The molecule has 2 N–H and O–H groups in total. The lowest BCUT2D eigenvalue weighted by atomic mass is 9.93. The maximum atomic E-state index is 5.65. The number of nitrogens with zero attached hydrogens (tertiary/aromatic N) is 2. The average molecular weight is 675 g/mol. The van der Waals surface area contributed by atoms with E-state index in [0.29, 0.717) is 0 Å². The van der Waals surface area contributed by atoms with Crippen LogP contribution in [0.1, 0.15) is 190 Å². The highest BCUT2D eigenvalue weighted by molar-refractivity contribution is 5.97. The number of nitrogens with one attached hydrogen (secondary N) is 2. The first-order valence-electron chi connectivity index (χ1n) is 20.7. The monoisotopic (exact) mass is 675 g/mol. The highest BCUT2D eigenvalue weighted by Crippen LogP contribution is 2.42. The van der Waals surface area contributed by atoms with E-state index in [-0.39, 0.29) is 0 Å². The Hall–Kier alpha value is -3.40.